The molecule has 0 saturated carbocycles. The van der Waals surface area contributed by atoms with Crippen LogP contribution in [0.5, 0.6) is 5.75 Å². The van der Waals surface area contributed by atoms with Gasteiger partial charge in [-0.2, -0.15) is 0 Å². The number of nitro benzene ring substituents is 1. The molecule has 0 atom stereocenters. The third kappa shape index (κ3) is 3.59. The van der Waals surface area contributed by atoms with Crippen LogP contribution < -0.4 is 9.64 Å². The first-order valence-electron chi connectivity index (χ1n) is 5.81. The SMILES string of the molecule is CCN(CCCO)c1cc(OC)cc([N+](=O)[O-])c1. The van der Waals surface area contributed by atoms with E-state index in [-0.39, 0.29) is 12.3 Å². The number of hydrogen-bond donors (Lipinski definition) is 1. The molecule has 18 heavy (non-hydrogen) atoms. The summed E-state index contributed by atoms with van der Waals surface area (Å²) < 4.78 is 5.06. The highest BCUT2D eigenvalue weighted by molar-refractivity contribution is 5.58. The lowest BCUT2D eigenvalue weighted by Gasteiger charge is -2.23. The Bertz CT molecular complexity index is 409. The number of nitrogens with zero attached hydrogens (tertiary/aromatic N) is 2. The zero-order chi connectivity index (χ0) is 13.5. The van der Waals surface area contributed by atoms with E-state index in [1.165, 1.54) is 19.2 Å². The second kappa shape index (κ2) is 6.80. The number of aliphatic hydroxyl groups is 1. The summed E-state index contributed by atoms with van der Waals surface area (Å²) in [6.07, 6.45) is 0.624. The summed E-state index contributed by atoms with van der Waals surface area (Å²) in [6, 6.07) is 4.67. The molecule has 0 heterocycles. The molecule has 0 fully saturated rings. The molecule has 100 valence electrons. The van der Waals surface area contributed by atoms with Crippen molar-refractivity contribution in [1.82, 2.24) is 0 Å². The number of methoxy groups -OCH3 is 1. The Morgan fingerprint density at radius 3 is 2.67 bits per heavy atom. The fraction of sp³-hybridized carbons (Fsp3) is 0.500. The van der Waals surface area contributed by atoms with E-state index in [1.807, 2.05) is 11.8 Å². The average molecular weight is 254 g/mol. The lowest BCUT2D eigenvalue weighted by Crippen LogP contribution is -2.24. The largest absolute Gasteiger partial charge is 0.496 e. The van der Waals surface area contributed by atoms with Crippen LogP contribution >= 0.6 is 0 Å². The standard InChI is InChI=1S/C12H18N2O4/c1-3-13(5-4-6-15)10-7-11(14(16)17)9-12(8-10)18-2/h7-9,15H,3-6H2,1-2H3. The van der Waals surface area contributed by atoms with Crippen molar-refractivity contribution in [3.05, 3.63) is 28.3 Å². The molecular formula is C12H18N2O4. The third-order valence-electron chi connectivity index (χ3n) is 2.66. The Labute approximate surface area is 106 Å². The van der Waals surface area contributed by atoms with Gasteiger partial charge in [0, 0.05) is 37.5 Å². The van der Waals surface area contributed by atoms with Crippen LogP contribution in [0.4, 0.5) is 11.4 Å². The van der Waals surface area contributed by atoms with Gasteiger partial charge in [-0.1, -0.05) is 0 Å². The Hall–Kier alpha value is -1.82. The van der Waals surface area contributed by atoms with E-state index in [4.69, 9.17) is 9.84 Å². The van der Waals surface area contributed by atoms with E-state index in [2.05, 4.69) is 0 Å². The minimum Gasteiger partial charge on any atom is -0.496 e. The molecule has 0 aromatic heterocycles. The normalized spacial score (nSPS) is 10.2. The zero-order valence-electron chi connectivity index (χ0n) is 10.6. The summed E-state index contributed by atoms with van der Waals surface area (Å²) in [4.78, 5) is 12.4. The first-order chi connectivity index (χ1) is 8.62. The summed E-state index contributed by atoms with van der Waals surface area (Å²) in [7, 11) is 1.48. The minimum absolute atomic E-state index is 0.00629. The first kappa shape index (κ1) is 14.2. The lowest BCUT2D eigenvalue weighted by molar-refractivity contribution is -0.384. The van der Waals surface area contributed by atoms with Crippen molar-refractivity contribution in [2.24, 2.45) is 0 Å². The maximum Gasteiger partial charge on any atom is 0.275 e. The Kier molecular flexibility index (Phi) is 5.38. The predicted molar refractivity (Wildman–Crippen MR) is 69.2 cm³/mol. The van der Waals surface area contributed by atoms with Gasteiger partial charge >= 0.3 is 0 Å². The van der Waals surface area contributed by atoms with Crippen molar-refractivity contribution in [3.8, 4) is 5.75 Å². The van der Waals surface area contributed by atoms with E-state index in [9.17, 15) is 10.1 Å². The highest BCUT2D eigenvalue weighted by Crippen LogP contribution is 2.28. The smallest absolute Gasteiger partial charge is 0.275 e. The number of ether oxygens (including phenoxy) is 1. The van der Waals surface area contributed by atoms with E-state index >= 15 is 0 Å². The molecule has 1 rings (SSSR count). The van der Waals surface area contributed by atoms with Crippen LogP contribution in [-0.4, -0.2) is 36.8 Å². The summed E-state index contributed by atoms with van der Waals surface area (Å²) in [5.74, 6) is 0.460. The van der Waals surface area contributed by atoms with Gasteiger partial charge in [0.25, 0.3) is 5.69 Å². The van der Waals surface area contributed by atoms with Crippen LogP contribution in [-0.2, 0) is 0 Å². The number of non-ortho nitro benzene ring substituents is 1. The molecule has 1 aromatic carbocycles. The van der Waals surface area contributed by atoms with Gasteiger partial charge in [-0.3, -0.25) is 10.1 Å². The predicted octanol–water partition coefficient (Wildman–Crippen LogP) is 1.81. The molecule has 0 aliphatic rings. The Balaban J connectivity index is 3.04. The molecular weight excluding hydrogens is 236 g/mol. The quantitative estimate of drug-likeness (QED) is 0.593. The summed E-state index contributed by atoms with van der Waals surface area (Å²) in [6.45, 7) is 3.42. The molecule has 0 saturated heterocycles. The molecule has 6 heteroatoms. The second-order valence-electron chi connectivity index (χ2n) is 3.80. The van der Waals surface area contributed by atoms with Crippen LogP contribution in [0.3, 0.4) is 0 Å². The molecule has 0 unspecified atom stereocenters. The van der Waals surface area contributed by atoms with Crippen molar-refractivity contribution in [2.45, 2.75) is 13.3 Å². The monoisotopic (exact) mass is 254 g/mol. The minimum atomic E-state index is -0.439. The van der Waals surface area contributed by atoms with Gasteiger partial charge in [0.2, 0.25) is 0 Å². The van der Waals surface area contributed by atoms with E-state index in [0.29, 0.717) is 25.3 Å². The highest BCUT2D eigenvalue weighted by atomic mass is 16.6. The van der Waals surface area contributed by atoms with Gasteiger partial charge < -0.3 is 14.7 Å². The van der Waals surface area contributed by atoms with Gasteiger partial charge in [-0.15, -0.1) is 0 Å². The van der Waals surface area contributed by atoms with Crippen molar-refractivity contribution >= 4 is 11.4 Å². The molecule has 0 amide bonds. The fourth-order valence-corrected chi connectivity index (χ4v) is 1.71. The number of nitro groups is 1. The van der Waals surface area contributed by atoms with Crippen molar-refractivity contribution in [2.75, 3.05) is 31.7 Å². The Morgan fingerprint density at radius 2 is 2.17 bits per heavy atom. The number of hydrogen-bond acceptors (Lipinski definition) is 5. The lowest BCUT2D eigenvalue weighted by atomic mass is 10.2. The summed E-state index contributed by atoms with van der Waals surface area (Å²) in [5.41, 5.74) is 0.740. The summed E-state index contributed by atoms with van der Waals surface area (Å²) in [5, 5.41) is 19.7. The highest BCUT2D eigenvalue weighted by Gasteiger charge is 2.13. The average Bonchev–Trinajstić information content (AvgIpc) is 2.39. The van der Waals surface area contributed by atoms with Crippen molar-refractivity contribution in [1.29, 1.82) is 0 Å². The third-order valence-corrected chi connectivity index (χ3v) is 2.66. The van der Waals surface area contributed by atoms with Crippen LogP contribution in [0.2, 0.25) is 0 Å². The molecule has 0 aliphatic heterocycles. The van der Waals surface area contributed by atoms with Gasteiger partial charge in [0.05, 0.1) is 18.1 Å². The molecule has 0 radical (unpaired) electrons. The number of aliphatic hydroxyl groups excluding tert-OH is 1. The van der Waals surface area contributed by atoms with E-state index in [1.54, 1.807) is 6.07 Å². The van der Waals surface area contributed by atoms with Crippen LogP contribution in [0.25, 0.3) is 0 Å². The Morgan fingerprint density at radius 1 is 1.44 bits per heavy atom. The van der Waals surface area contributed by atoms with Crippen LogP contribution in [0, 0.1) is 10.1 Å². The number of benzene rings is 1. The van der Waals surface area contributed by atoms with E-state index < -0.39 is 4.92 Å². The van der Waals surface area contributed by atoms with Gasteiger partial charge in [0.15, 0.2) is 0 Å². The molecule has 0 spiro atoms. The van der Waals surface area contributed by atoms with Crippen LogP contribution in [0.1, 0.15) is 13.3 Å². The maximum absolute atomic E-state index is 10.8. The van der Waals surface area contributed by atoms with Gasteiger partial charge in [0.1, 0.15) is 5.75 Å². The number of anilines is 1. The second-order valence-corrected chi connectivity index (χ2v) is 3.80. The van der Waals surface area contributed by atoms with Crippen molar-refractivity contribution < 1.29 is 14.8 Å². The van der Waals surface area contributed by atoms with Gasteiger partial charge in [-0.25, -0.2) is 0 Å². The molecule has 1 aromatic rings. The zero-order valence-corrected chi connectivity index (χ0v) is 10.6. The topological polar surface area (TPSA) is 75.8 Å². The summed E-state index contributed by atoms with van der Waals surface area (Å²) >= 11 is 0. The number of rotatable bonds is 7. The van der Waals surface area contributed by atoms with Gasteiger partial charge in [-0.05, 0) is 13.3 Å². The first-order valence-corrected chi connectivity index (χ1v) is 5.81. The van der Waals surface area contributed by atoms with Crippen LogP contribution in [0.15, 0.2) is 18.2 Å². The molecule has 0 aliphatic carbocycles. The van der Waals surface area contributed by atoms with E-state index in [0.717, 1.165) is 5.69 Å². The molecule has 0 bridgehead atoms. The molecule has 1 N–H and O–H groups in total. The fourth-order valence-electron chi connectivity index (χ4n) is 1.71. The maximum atomic E-state index is 10.8. The molecule has 6 nitrogen and oxygen atoms in total. The van der Waals surface area contributed by atoms with Crippen molar-refractivity contribution in [3.63, 3.8) is 0 Å².